The number of carbonyl (C=O) groups excluding carboxylic acids is 15. The molecule has 40 nitrogen and oxygen atoms in total. The molecule has 0 aromatic carbocycles. The first-order valence-corrected chi connectivity index (χ1v) is 39.4. The van der Waals surface area contributed by atoms with Crippen LogP contribution in [0.4, 0.5) is 0 Å². The molecule has 14 atom stereocenters. The lowest BCUT2D eigenvalue weighted by Crippen LogP contribution is -2.61. The van der Waals surface area contributed by atoms with Crippen molar-refractivity contribution in [2.75, 3.05) is 39.4 Å². The van der Waals surface area contributed by atoms with Gasteiger partial charge in [-0.3, -0.25) is 71.9 Å². The van der Waals surface area contributed by atoms with Crippen LogP contribution in [0.25, 0.3) is 0 Å². The number of nitrogens with two attached hydrogens (primary N) is 2. The van der Waals surface area contributed by atoms with Gasteiger partial charge >= 0.3 is 5.97 Å². The SMILES string of the molecule is CC(C)C[C@H](NC(=O)CN)C(=O)N[C@@H](CC(C)C)C(=O)N[C@@H](CO)C(=O)N[C@H](C(=O)N[C@@H](CC(C)C)C(=O)NCC(=O)N[C@@H](CO)C(=O)N[C@H](C(=O)N[C@@H](C)C(=O)N[C@@H](CCCCN)C(=O)N[C@@H](Cc1c[nH]cn1)C(=O)N[C@H](C(=O)N[C@@H](CC(C)C)C(=O)N1CCC[C@H]1C(=O)N[C@@H](Cc1c[nH]cn1)C(=O)O)C(C)C)C(C)C)C(C)C. The molecular formula is C75H127N21O19. The second-order valence-corrected chi connectivity index (χ2v) is 31.7. The second-order valence-electron chi connectivity index (χ2n) is 31.7. The van der Waals surface area contributed by atoms with E-state index in [1.807, 2.05) is 27.7 Å². The molecule has 3 heterocycles. The number of aliphatic carboxylic acids is 1. The number of imidazole rings is 2. The molecular weight excluding hydrogens is 1500 g/mol. The Morgan fingerprint density at radius 2 is 0.817 bits per heavy atom. The van der Waals surface area contributed by atoms with E-state index in [9.17, 15) is 92.0 Å². The van der Waals surface area contributed by atoms with Crippen LogP contribution in [0.2, 0.25) is 0 Å². The Balaban J connectivity index is 1.72. The Morgan fingerprint density at radius 1 is 0.435 bits per heavy atom. The summed E-state index contributed by atoms with van der Waals surface area (Å²) in [6, 6.07) is -18.9. The number of nitrogens with zero attached hydrogens (tertiary/aromatic N) is 3. The Labute approximate surface area is 671 Å². The van der Waals surface area contributed by atoms with Crippen LogP contribution in [-0.4, -0.2) is 259 Å². The molecule has 0 bridgehead atoms. The summed E-state index contributed by atoms with van der Waals surface area (Å²) in [6.07, 6.45) is 7.02. The molecule has 15 amide bonds. The lowest BCUT2D eigenvalue weighted by Gasteiger charge is -2.32. The van der Waals surface area contributed by atoms with Crippen LogP contribution in [0.3, 0.4) is 0 Å². The van der Waals surface area contributed by atoms with Crippen molar-refractivity contribution >= 4 is 94.6 Å². The second kappa shape index (κ2) is 49.5. The third-order valence-electron chi connectivity index (χ3n) is 18.7. The minimum absolute atomic E-state index is 0.00621. The van der Waals surface area contributed by atoms with Crippen molar-refractivity contribution in [2.24, 2.45) is 52.9 Å². The number of rotatable bonds is 51. The van der Waals surface area contributed by atoms with Gasteiger partial charge < -0.3 is 116 Å². The predicted octanol–water partition coefficient (Wildman–Crippen LogP) is -4.34. The van der Waals surface area contributed by atoms with Crippen molar-refractivity contribution in [2.45, 2.75) is 259 Å². The summed E-state index contributed by atoms with van der Waals surface area (Å²) >= 11 is 0. The van der Waals surface area contributed by atoms with Gasteiger partial charge in [0.2, 0.25) is 88.6 Å². The largest absolute Gasteiger partial charge is 0.480 e. The van der Waals surface area contributed by atoms with E-state index in [1.54, 1.807) is 69.2 Å². The van der Waals surface area contributed by atoms with Crippen molar-refractivity contribution in [3.8, 4) is 0 Å². The molecule has 2 aromatic rings. The van der Waals surface area contributed by atoms with E-state index < -0.39 is 217 Å². The number of nitrogens with one attached hydrogen (secondary N) is 16. The van der Waals surface area contributed by atoms with E-state index in [-0.39, 0.29) is 101 Å². The van der Waals surface area contributed by atoms with E-state index in [2.05, 4.69) is 94.4 Å². The van der Waals surface area contributed by atoms with Gasteiger partial charge in [-0.1, -0.05) is 96.9 Å². The lowest BCUT2D eigenvalue weighted by molar-refractivity contribution is -0.145. The van der Waals surface area contributed by atoms with Crippen LogP contribution >= 0.6 is 0 Å². The smallest absolute Gasteiger partial charge is 0.326 e. The number of H-pyrrole nitrogens is 2. The van der Waals surface area contributed by atoms with E-state index in [1.165, 1.54) is 36.9 Å². The number of aliphatic hydroxyl groups is 2. The van der Waals surface area contributed by atoms with E-state index in [0.29, 0.717) is 24.2 Å². The van der Waals surface area contributed by atoms with Crippen molar-refractivity contribution in [3.63, 3.8) is 0 Å². The summed E-state index contributed by atoms with van der Waals surface area (Å²) in [7, 11) is 0. The zero-order chi connectivity index (χ0) is 86.7. The number of amides is 15. The van der Waals surface area contributed by atoms with Gasteiger partial charge in [-0.15, -0.1) is 0 Å². The van der Waals surface area contributed by atoms with Gasteiger partial charge in [0.05, 0.1) is 50.3 Å². The highest BCUT2D eigenvalue weighted by Gasteiger charge is 2.42. The van der Waals surface area contributed by atoms with Crippen LogP contribution in [0.5, 0.6) is 0 Å². The first-order chi connectivity index (χ1) is 54.0. The molecule has 1 saturated heterocycles. The van der Waals surface area contributed by atoms with Crippen molar-refractivity contribution in [1.29, 1.82) is 0 Å². The molecule has 0 spiro atoms. The Hall–Kier alpha value is -10.2. The highest BCUT2D eigenvalue weighted by atomic mass is 16.4. The number of aromatic nitrogens is 4. The minimum Gasteiger partial charge on any atom is -0.480 e. The Morgan fingerprint density at radius 3 is 1.26 bits per heavy atom. The summed E-state index contributed by atoms with van der Waals surface area (Å²) < 4.78 is 0. The maximum absolute atomic E-state index is 14.6. The number of unbranched alkanes of at least 4 members (excludes halogenated alkanes) is 1. The Bertz CT molecular complexity index is 3540. The summed E-state index contributed by atoms with van der Waals surface area (Å²) in [5.74, 6) is -16.4. The van der Waals surface area contributed by atoms with Gasteiger partial charge in [0, 0.05) is 31.8 Å². The highest BCUT2D eigenvalue weighted by Crippen LogP contribution is 2.22. The van der Waals surface area contributed by atoms with Gasteiger partial charge in [-0.05, 0) is 113 Å². The fourth-order valence-corrected chi connectivity index (χ4v) is 12.5. The number of hydrogen-bond acceptors (Lipinski definition) is 22. The minimum atomic E-state index is -1.72. The highest BCUT2D eigenvalue weighted by molar-refractivity contribution is 6.00. The molecule has 1 aliphatic rings. The molecule has 1 aliphatic heterocycles. The van der Waals surface area contributed by atoms with Gasteiger partial charge in [-0.25, -0.2) is 14.8 Å². The van der Waals surface area contributed by atoms with Crippen LogP contribution in [0.1, 0.15) is 173 Å². The summed E-state index contributed by atoms with van der Waals surface area (Å²) in [4.78, 5) is 235. The summed E-state index contributed by atoms with van der Waals surface area (Å²) in [6.45, 7) is 22.4. The standard InChI is InChI=1S/C75H127N21O19/c1-37(2)23-48(89-72(111)60(42(11)12)95-69(108)55(34-98)92-66(105)50(25-39(5)6)87-65(104)49(24-38(3)4)84-57(99)29-77)63(102)80-32-58(100)85-54(33-97)68(107)94-59(41(9)10)71(110)83-44(15)62(101)86-47(19-16-17-21-76)64(103)88-51(27-45-30-78-35-81-45)67(106)93-61(43(13)14)73(112)90-52(26-40(7)8)74(113)96-22-18-20-56(96)70(109)91-53(75(114)115)28-46-31-79-36-82-46/h30-31,35-44,47-56,59-61,97-98H,16-29,32-34,76-77H2,1-15H3,(H,78,81)(H,79,82)(H,80,102)(H,83,110)(H,84,99)(H,85,100)(H,86,101)(H,87,104)(H,88,103)(H,89,111)(H,90,112)(H,91,109)(H,92,105)(H,93,106)(H,94,107)(H,95,108)(H,114,115)/t44-,47-,48-,49-,50-,51-,52-,53-,54-,55-,56-,59-,60-,61-/m0/s1. The fourth-order valence-electron chi connectivity index (χ4n) is 12.5. The van der Waals surface area contributed by atoms with E-state index in [0.717, 1.165) is 0 Å². The third kappa shape index (κ3) is 34.0. The molecule has 0 aliphatic carbocycles. The molecule has 40 heteroatoms. The lowest BCUT2D eigenvalue weighted by atomic mass is 9.98. The Kier molecular flexibility index (Phi) is 42.6. The number of aromatic amines is 2. The molecule has 3 rings (SSSR count). The van der Waals surface area contributed by atoms with E-state index >= 15 is 0 Å². The van der Waals surface area contributed by atoms with Crippen LogP contribution < -0.4 is 85.9 Å². The number of carboxylic acid groups (broad SMARTS) is 1. The first kappa shape index (κ1) is 99.0. The van der Waals surface area contributed by atoms with Gasteiger partial charge in [0.15, 0.2) is 0 Å². The third-order valence-corrected chi connectivity index (χ3v) is 18.7. The molecule has 646 valence electrons. The zero-order valence-corrected chi connectivity index (χ0v) is 68.8. The maximum atomic E-state index is 14.6. The number of hydrogen-bond donors (Lipinski definition) is 21. The van der Waals surface area contributed by atoms with Crippen molar-refractivity contribution < 1.29 is 92.0 Å². The number of carboxylic acids is 1. The van der Waals surface area contributed by atoms with Crippen LogP contribution in [0, 0.1) is 41.4 Å². The van der Waals surface area contributed by atoms with Crippen molar-refractivity contribution in [1.82, 2.24) is 99.3 Å². The number of carbonyl (C=O) groups is 16. The average molecular weight is 1630 g/mol. The molecule has 0 unspecified atom stereocenters. The molecule has 115 heavy (non-hydrogen) atoms. The summed E-state index contributed by atoms with van der Waals surface area (Å²) in [5.41, 5.74) is 12.0. The van der Waals surface area contributed by atoms with Gasteiger partial charge in [0.25, 0.3) is 0 Å². The molecule has 0 saturated carbocycles. The molecule has 23 N–H and O–H groups in total. The quantitative estimate of drug-likeness (QED) is 0.0278. The molecule has 1 fully saturated rings. The fraction of sp³-hybridized carbons (Fsp3) is 0.707. The van der Waals surface area contributed by atoms with Gasteiger partial charge in [-0.2, -0.15) is 0 Å². The topological polar surface area (TPSA) is 615 Å². The number of aliphatic hydroxyl groups excluding tert-OH is 2. The average Bonchev–Trinajstić information content (AvgIpc) is 1.74. The predicted molar refractivity (Wildman–Crippen MR) is 419 cm³/mol. The van der Waals surface area contributed by atoms with Crippen molar-refractivity contribution in [3.05, 3.63) is 36.4 Å². The zero-order valence-electron chi connectivity index (χ0n) is 68.8. The normalized spacial score (nSPS) is 16.2. The molecule has 2 aromatic heterocycles. The van der Waals surface area contributed by atoms with Crippen LogP contribution in [0.15, 0.2) is 25.0 Å². The number of likely N-dealkylation sites (tertiary alicyclic amines) is 1. The maximum Gasteiger partial charge on any atom is 0.326 e. The van der Waals surface area contributed by atoms with Crippen LogP contribution in [-0.2, 0) is 89.6 Å². The van der Waals surface area contributed by atoms with Gasteiger partial charge in [0.1, 0.15) is 84.6 Å². The molecule has 0 radical (unpaired) electrons. The van der Waals surface area contributed by atoms with E-state index in [4.69, 9.17) is 11.5 Å². The monoisotopic (exact) mass is 1630 g/mol. The first-order valence-electron chi connectivity index (χ1n) is 39.4. The summed E-state index contributed by atoms with van der Waals surface area (Å²) in [5, 5.41) is 66.4.